The molecule has 0 aromatic heterocycles. The van der Waals surface area contributed by atoms with Gasteiger partial charge in [-0.25, -0.2) is 4.79 Å². The number of nitrogens with zero attached hydrogens (tertiary/aromatic N) is 1. The van der Waals surface area contributed by atoms with Crippen LogP contribution in [-0.2, 0) is 11.3 Å². The van der Waals surface area contributed by atoms with E-state index in [1.54, 1.807) is 6.07 Å². The van der Waals surface area contributed by atoms with Gasteiger partial charge in [0.25, 0.3) is 0 Å². The molecule has 2 aromatic carbocycles. The van der Waals surface area contributed by atoms with Crippen molar-refractivity contribution in [1.82, 2.24) is 0 Å². The molecule has 0 radical (unpaired) electrons. The van der Waals surface area contributed by atoms with Gasteiger partial charge in [-0.3, -0.25) is 0 Å². The summed E-state index contributed by atoms with van der Waals surface area (Å²) in [5.41, 5.74) is 3.64. The standard InChI is InChI=1S/C17H20N2O2/c1-19(2)16-11-7-6-10-15(16)18-12-13-8-4-5-9-14(13)17(20)21-3/h4-11,18H,12H2,1-3H3. The summed E-state index contributed by atoms with van der Waals surface area (Å²) in [6, 6.07) is 15.5. The highest BCUT2D eigenvalue weighted by Crippen LogP contribution is 2.24. The Morgan fingerprint density at radius 2 is 1.76 bits per heavy atom. The molecular formula is C17H20N2O2. The van der Waals surface area contributed by atoms with Crippen molar-refractivity contribution in [2.24, 2.45) is 0 Å². The molecule has 0 bridgehead atoms. The maximum Gasteiger partial charge on any atom is 0.338 e. The van der Waals surface area contributed by atoms with Crippen LogP contribution in [0.4, 0.5) is 11.4 Å². The van der Waals surface area contributed by atoms with Crippen molar-refractivity contribution in [2.45, 2.75) is 6.54 Å². The van der Waals surface area contributed by atoms with Gasteiger partial charge in [0.05, 0.1) is 24.0 Å². The number of para-hydroxylation sites is 2. The SMILES string of the molecule is COC(=O)c1ccccc1CNc1ccccc1N(C)C. The summed E-state index contributed by atoms with van der Waals surface area (Å²) in [7, 11) is 5.40. The summed E-state index contributed by atoms with van der Waals surface area (Å²) in [6.45, 7) is 0.566. The summed E-state index contributed by atoms with van der Waals surface area (Å²) in [4.78, 5) is 13.8. The maximum atomic E-state index is 11.8. The van der Waals surface area contributed by atoms with Gasteiger partial charge in [0.2, 0.25) is 0 Å². The summed E-state index contributed by atoms with van der Waals surface area (Å²) < 4.78 is 4.82. The second-order valence-electron chi connectivity index (χ2n) is 4.91. The van der Waals surface area contributed by atoms with Gasteiger partial charge in [-0.2, -0.15) is 0 Å². The minimum absolute atomic E-state index is 0.312. The number of esters is 1. The van der Waals surface area contributed by atoms with E-state index in [-0.39, 0.29) is 5.97 Å². The molecule has 2 aromatic rings. The van der Waals surface area contributed by atoms with Gasteiger partial charge in [0, 0.05) is 20.6 Å². The molecule has 4 heteroatoms. The second kappa shape index (κ2) is 6.79. The zero-order chi connectivity index (χ0) is 15.2. The molecule has 0 aliphatic carbocycles. The van der Waals surface area contributed by atoms with E-state index in [1.165, 1.54) is 7.11 Å². The number of hydrogen-bond acceptors (Lipinski definition) is 4. The topological polar surface area (TPSA) is 41.6 Å². The van der Waals surface area contributed by atoms with Crippen molar-refractivity contribution in [3.05, 3.63) is 59.7 Å². The van der Waals surface area contributed by atoms with Gasteiger partial charge in [0.1, 0.15) is 0 Å². The second-order valence-corrected chi connectivity index (χ2v) is 4.91. The molecule has 0 saturated carbocycles. The number of ether oxygens (including phenoxy) is 1. The molecular weight excluding hydrogens is 264 g/mol. The molecule has 0 aliphatic rings. The Labute approximate surface area is 125 Å². The molecule has 0 fully saturated rings. The normalized spacial score (nSPS) is 10.0. The van der Waals surface area contributed by atoms with E-state index in [0.29, 0.717) is 12.1 Å². The van der Waals surface area contributed by atoms with E-state index >= 15 is 0 Å². The van der Waals surface area contributed by atoms with Crippen LogP contribution in [0, 0.1) is 0 Å². The van der Waals surface area contributed by atoms with Gasteiger partial charge in [0.15, 0.2) is 0 Å². The molecule has 0 spiro atoms. The Morgan fingerprint density at radius 1 is 1.10 bits per heavy atom. The van der Waals surface area contributed by atoms with Crippen LogP contribution < -0.4 is 10.2 Å². The third kappa shape index (κ3) is 3.54. The van der Waals surface area contributed by atoms with Crippen molar-refractivity contribution in [2.75, 3.05) is 31.4 Å². The highest BCUT2D eigenvalue weighted by atomic mass is 16.5. The number of carbonyl (C=O) groups excluding carboxylic acids is 1. The van der Waals surface area contributed by atoms with Gasteiger partial charge in [-0.05, 0) is 23.8 Å². The van der Waals surface area contributed by atoms with Crippen LogP contribution in [0.2, 0.25) is 0 Å². The summed E-state index contributed by atoms with van der Waals surface area (Å²) in [6.07, 6.45) is 0. The fraction of sp³-hybridized carbons (Fsp3) is 0.235. The van der Waals surface area contributed by atoms with Crippen molar-refractivity contribution < 1.29 is 9.53 Å². The highest BCUT2D eigenvalue weighted by molar-refractivity contribution is 5.91. The fourth-order valence-corrected chi connectivity index (χ4v) is 2.19. The Kier molecular flexibility index (Phi) is 4.82. The van der Waals surface area contributed by atoms with E-state index in [2.05, 4.69) is 16.3 Å². The lowest BCUT2D eigenvalue weighted by Crippen LogP contribution is -2.13. The number of hydrogen-bond donors (Lipinski definition) is 1. The molecule has 0 amide bonds. The van der Waals surface area contributed by atoms with Crippen LogP contribution >= 0.6 is 0 Å². The largest absolute Gasteiger partial charge is 0.465 e. The van der Waals surface area contributed by atoms with Crippen LogP contribution in [0.15, 0.2) is 48.5 Å². The third-order valence-corrected chi connectivity index (χ3v) is 3.28. The molecule has 2 rings (SSSR count). The number of methoxy groups -OCH3 is 1. The molecule has 0 heterocycles. The first-order chi connectivity index (χ1) is 10.1. The van der Waals surface area contributed by atoms with Gasteiger partial charge in [-0.1, -0.05) is 30.3 Å². The molecule has 1 N–H and O–H groups in total. The van der Waals surface area contributed by atoms with Crippen LogP contribution in [0.25, 0.3) is 0 Å². The molecule has 0 saturated heterocycles. The minimum atomic E-state index is -0.312. The predicted molar refractivity (Wildman–Crippen MR) is 85.9 cm³/mol. The van der Waals surface area contributed by atoms with E-state index in [4.69, 9.17) is 4.74 Å². The lowest BCUT2D eigenvalue weighted by molar-refractivity contribution is 0.0599. The monoisotopic (exact) mass is 284 g/mol. The lowest BCUT2D eigenvalue weighted by atomic mass is 10.1. The number of benzene rings is 2. The summed E-state index contributed by atoms with van der Waals surface area (Å²) in [5.74, 6) is -0.312. The Morgan fingerprint density at radius 3 is 2.48 bits per heavy atom. The highest BCUT2D eigenvalue weighted by Gasteiger charge is 2.11. The molecule has 0 aliphatic heterocycles. The molecule has 0 atom stereocenters. The van der Waals surface area contributed by atoms with E-state index in [0.717, 1.165) is 16.9 Å². The zero-order valence-electron chi connectivity index (χ0n) is 12.6. The average molecular weight is 284 g/mol. The molecule has 110 valence electrons. The van der Waals surface area contributed by atoms with Gasteiger partial charge < -0.3 is 15.0 Å². The maximum absolute atomic E-state index is 11.8. The number of carbonyl (C=O) groups is 1. The Hall–Kier alpha value is -2.49. The summed E-state index contributed by atoms with van der Waals surface area (Å²) in [5, 5.41) is 3.38. The first-order valence-corrected chi connectivity index (χ1v) is 6.80. The van der Waals surface area contributed by atoms with Crippen molar-refractivity contribution in [1.29, 1.82) is 0 Å². The number of nitrogens with one attached hydrogen (secondary N) is 1. The van der Waals surface area contributed by atoms with Crippen molar-refractivity contribution >= 4 is 17.3 Å². The predicted octanol–water partition coefficient (Wildman–Crippen LogP) is 3.15. The quantitative estimate of drug-likeness (QED) is 0.856. The zero-order valence-corrected chi connectivity index (χ0v) is 12.6. The molecule has 4 nitrogen and oxygen atoms in total. The van der Waals surface area contributed by atoms with Crippen LogP contribution in [-0.4, -0.2) is 27.2 Å². The Bertz CT molecular complexity index is 624. The third-order valence-electron chi connectivity index (χ3n) is 3.28. The summed E-state index contributed by atoms with van der Waals surface area (Å²) >= 11 is 0. The van der Waals surface area contributed by atoms with Crippen molar-refractivity contribution in [3.63, 3.8) is 0 Å². The Balaban J connectivity index is 2.20. The van der Waals surface area contributed by atoms with Crippen LogP contribution in [0.3, 0.4) is 0 Å². The fourth-order valence-electron chi connectivity index (χ4n) is 2.19. The number of rotatable bonds is 5. The van der Waals surface area contributed by atoms with Gasteiger partial charge >= 0.3 is 5.97 Å². The van der Waals surface area contributed by atoms with Gasteiger partial charge in [-0.15, -0.1) is 0 Å². The first-order valence-electron chi connectivity index (χ1n) is 6.80. The van der Waals surface area contributed by atoms with Crippen LogP contribution in [0.1, 0.15) is 15.9 Å². The minimum Gasteiger partial charge on any atom is -0.465 e. The molecule has 21 heavy (non-hydrogen) atoms. The smallest absolute Gasteiger partial charge is 0.338 e. The average Bonchev–Trinajstić information content (AvgIpc) is 2.52. The van der Waals surface area contributed by atoms with E-state index in [9.17, 15) is 4.79 Å². The molecule has 0 unspecified atom stereocenters. The first kappa shape index (κ1) is 14.9. The van der Waals surface area contributed by atoms with Crippen LogP contribution in [0.5, 0.6) is 0 Å². The van der Waals surface area contributed by atoms with E-state index in [1.807, 2.05) is 50.5 Å². The van der Waals surface area contributed by atoms with Crippen molar-refractivity contribution in [3.8, 4) is 0 Å². The lowest BCUT2D eigenvalue weighted by Gasteiger charge is -2.18. The van der Waals surface area contributed by atoms with E-state index < -0.39 is 0 Å². The number of anilines is 2.